The zero-order valence-electron chi connectivity index (χ0n) is 12.2. The molecule has 9 nitrogen and oxygen atoms in total. The van der Waals surface area contributed by atoms with Crippen LogP contribution in [0.2, 0.25) is 0 Å². The van der Waals surface area contributed by atoms with Crippen molar-refractivity contribution in [2.45, 2.75) is 51.7 Å². The van der Waals surface area contributed by atoms with Gasteiger partial charge in [0.05, 0.1) is 6.04 Å². The summed E-state index contributed by atoms with van der Waals surface area (Å²) in [5.41, 5.74) is 8.64. The lowest BCUT2D eigenvalue weighted by atomic mass is 9.99. The van der Waals surface area contributed by atoms with E-state index in [-0.39, 0.29) is 13.0 Å². The average molecular weight is 301 g/mol. The number of carbonyl (C=O) groups is 2. The third kappa shape index (κ3) is 5.58. The van der Waals surface area contributed by atoms with Crippen LogP contribution in [0.5, 0.6) is 0 Å². The molecule has 4 atom stereocenters. The number of ether oxygens (including phenoxy) is 4. The van der Waals surface area contributed by atoms with Crippen LogP contribution in [0.4, 0.5) is 0 Å². The Morgan fingerprint density at radius 2 is 2.10 bits per heavy atom. The monoisotopic (exact) mass is 301 g/mol. The van der Waals surface area contributed by atoms with Gasteiger partial charge >= 0.3 is 11.9 Å². The van der Waals surface area contributed by atoms with Crippen molar-refractivity contribution in [1.29, 1.82) is 0 Å². The van der Waals surface area contributed by atoms with E-state index < -0.39 is 36.5 Å². The van der Waals surface area contributed by atoms with Crippen LogP contribution in [-0.2, 0) is 28.5 Å². The highest BCUT2D eigenvalue weighted by Crippen LogP contribution is 2.26. The molecule has 21 heavy (non-hydrogen) atoms. The molecule has 118 valence electrons. The second kappa shape index (κ2) is 8.46. The fraction of sp³-hybridized carbons (Fsp3) is 0.833. The molecule has 0 aromatic heterocycles. The number of esters is 2. The van der Waals surface area contributed by atoms with Crippen LogP contribution in [0, 0.1) is 0 Å². The van der Waals surface area contributed by atoms with Gasteiger partial charge in [-0.25, -0.2) is 0 Å². The molecule has 1 saturated heterocycles. The third-order valence-corrected chi connectivity index (χ3v) is 2.81. The average Bonchev–Trinajstić information content (AvgIpc) is 2.39. The van der Waals surface area contributed by atoms with Crippen molar-refractivity contribution in [3.05, 3.63) is 10.4 Å². The van der Waals surface area contributed by atoms with Gasteiger partial charge < -0.3 is 18.9 Å². The Kier molecular flexibility index (Phi) is 6.93. The van der Waals surface area contributed by atoms with Gasteiger partial charge in [0.25, 0.3) is 0 Å². The van der Waals surface area contributed by atoms with Crippen LogP contribution < -0.4 is 0 Å². The van der Waals surface area contributed by atoms with Gasteiger partial charge in [-0.15, -0.1) is 0 Å². The van der Waals surface area contributed by atoms with E-state index in [1.54, 1.807) is 6.92 Å². The highest BCUT2D eigenvalue weighted by molar-refractivity contribution is 5.66. The molecule has 1 rings (SSSR count). The van der Waals surface area contributed by atoms with E-state index in [0.29, 0.717) is 6.61 Å². The third-order valence-electron chi connectivity index (χ3n) is 2.81. The molecule has 1 aliphatic heterocycles. The molecule has 0 N–H and O–H groups in total. The lowest BCUT2D eigenvalue weighted by Crippen LogP contribution is -2.52. The normalized spacial score (nSPS) is 28.3. The Labute approximate surface area is 122 Å². The van der Waals surface area contributed by atoms with E-state index in [1.807, 2.05) is 0 Å². The van der Waals surface area contributed by atoms with Crippen LogP contribution in [0.15, 0.2) is 5.11 Å². The van der Waals surface area contributed by atoms with Gasteiger partial charge in [-0.3, -0.25) is 9.59 Å². The number of rotatable bonds is 6. The largest absolute Gasteiger partial charge is 0.463 e. The molecule has 0 bridgehead atoms. The Morgan fingerprint density at radius 3 is 2.62 bits per heavy atom. The molecule has 0 unspecified atom stereocenters. The van der Waals surface area contributed by atoms with Gasteiger partial charge in [0, 0.05) is 31.8 Å². The van der Waals surface area contributed by atoms with Crippen molar-refractivity contribution in [2.24, 2.45) is 5.11 Å². The molecule has 0 saturated carbocycles. The van der Waals surface area contributed by atoms with Gasteiger partial charge in [0.1, 0.15) is 18.8 Å². The molecule has 0 aromatic rings. The number of azide groups is 1. The Hall–Kier alpha value is -1.83. The first-order valence-corrected chi connectivity index (χ1v) is 6.59. The predicted molar refractivity (Wildman–Crippen MR) is 70.0 cm³/mol. The van der Waals surface area contributed by atoms with Gasteiger partial charge in [-0.2, -0.15) is 0 Å². The summed E-state index contributed by atoms with van der Waals surface area (Å²) in [5, 5.41) is 3.63. The van der Waals surface area contributed by atoms with Crippen molar-refractivity contribution in [3.63, 3.8) is 0 Å². The number of nitrogens with zero attached hydrogens (tertiary/aromatic N) is 3. The van der Waals surface area contributed by atoms with Gasteiger partial charge in [-0.1, -0.05) is 5.11 Å². The molecule has 9 heteroatoms. The van der Waals surface area contributed by atoms with Crippen molar-refractivity contribution >= 4 is 11.9 Å². The summed E-state index contributed by atoms with van der Waals surface area (Å²) in [6.45, 7) is 4.59. The number of carbonyl (C=O) groups excluding carboxylic acids is 2. The van der Waals surface area contributed by atoms with Crippen LogP contribution in [-0.4, -0.2) is 49.7 Å². The summed E-state index contributed by atoms with van der Waals surface area (Å²) in [6.07, 6.45) is -1.93. The molecular formula is C12H19N3O6. The first-order chi connectivity index (χ1) is 9.97. The molecule has 0 amide bonds. The zero-order valence-corrected chi connectivity index (χ0v) is 12.2. The standard InChI is InChI=1S/C12H19N3O6/c1-4-18-11-5-9(14-15-13)12(20-8(3)17)10(21-11)6-19-7(2)16/h9-12H,4-6H2,1-3H3/t9-,10+,11-,12-/m0/s1. The summed E-state index contributed by atoms with van der Waals surface area (Å²) < 4.78 is 21.0. The van der Waals surface area contributed by atoms with E-state index in [2.05, 4.69) is 10.0 Å². The summed E-state index contributed by atoms with van der Waals surface area (Å²) in [4.78, 5) is 24.9. The van der Waals surface area contributed by atoms with Crippen LogP contribution in [0.25, 0.3) is 10.4 Å². The van der Waals surface area contributed by atoms with Crippen molar-refractivity contribution in [1.82, 2.24) is 0 Å². The molecule has 1 aliphatic rings. The predicted octanol–water partition coefficient (Wildman–Crippen LogP) is 1.31. The van der Waals surface area contributed by atoms with E-state index >= 15 is 0 Å². The highest BCUT2D eigenvalue weighted by atomic mass is 16.7. The second-order valence-electron chi connectivity index (χ2n) is 4.44. The summed E-state index contributed by atoms with van der Waals surface area (Å²) in [6, 6.07) is -0.648. The van der Waals surface area contributed by atoms with E-state index in [4.69, 9.17) is 24.5 Å². The Morgan fingerprint density at radius 1 is 1.38 bits per heavy atom. The molecule has 0 radical (unpaired) electrons. The summed E-state index contributed by atoms with van der Waals surface area (Å²) >= 11 is 0. The molecule has 0 aromatic carbocycles. The minimum absolute atomic E-state index is 0.117. The number of hydrogen-bond donors (Lipinski definition) is 0. The zero-order chi connectivity index (χ0) is 15.8. The minimum Gasteiger partial charge on any atom is -0.463 e. The lowest BCUT2D eigenvalue weighted by molar-refractivity contribution is -0.241. The van der Waals surface area contributed by atoms with Gasteiger partial charge in [0.15, 0.2) is 6.29 Å². The fourth-order valence-corrected chi connectivity index (χ4v) is 2.06. The van der Waals surface area contributed by atoms with Crippen molar-refractivity contribution in [3.8, 4) is 0 Å². The molecular weight excluding hydrogens is 282 g/mol. The van der Waals surface area contributed by atoms with Crippen LogP contribution in [0.3, 0.4) is 0 Å². The number of hydrogen-bond acceptors (Lipinski definition) is 7. The first kappa shape index (κ1) is 17.2. The maximum atomic E-state index is 11.2. The quantitative estimate of drug-likeness (QED) is 0.316. The maximum absolute atomic E-state index is 11.2. The molecule has 1 fully saturated rings. The highest BCUT2D eigenvalue weighted by Gasteiger charge is 2.41. The second-order valence-corrected chi connectivity index (χ2v) is 4.44. The fourth-order valence-electron chi connectivity index (χ4n) is 2.06. The lowest BCUT2D eigenvalue weighted by Gasteiger charge is -2.38. The van der Waals surface area contributed by atoms with E-state index in [0.717, 1.165) is 0 Å². The maximum Gasteiger partial charge on any atom is 0.303 e. The first-order valence-electron chi connectivity index (χ1n) is 6.59. The molecule has 0 spiro atoms. The van der Waals surface area contributed by atoms with Crippen LogP contribution >= 0.6 is 0 Å². The van der Waals surface area contributed by atoms with Crippen molar-refractivity contribution < 1.29 is 28.5 Å². The van der Waals surface area contributed by atoms with E-state index in [1.165, 1.54) is 13.8 Å². The Balaban J connectivity index is 2.89. The minimum atomic E-state index is -0.825. The molecule has 1 heterocycles. The van der Waals surface area contributed by atoms with Crippen molar-refractivity contribution in [2.75, 3.05) is 13.2 Å². The summed E-state index contributed by atoms with van der Waals surface area (Å²) in [5.74, 6) is -1.02. The van der Waals surface area contributed by atoms with Crippen LogP contribution in [0.1, 0.15) is 27.2 Å². The SMILES string of the molecule is CCO[C@@H]1C[C@H](N=[N+]=[N-])[C@H](OC(C)=O)[C@@H](COC(C)=O)O1. The smallest absolute Gasteiger partial charge is 0.303 e. The van der Waals surface area contributed by atoms with Gasteiger partial charge in [-0.05, 0) is 12.5 Å². The van der Waals surface area contributed by atoms with E-state index in [9.17, 15) is 9.59 Å². The topological polar surface area (TPSA) is 120 Å². The summed E-state index contributed by atoms with van der Waals surface area (Å²) in [7, 11) is 0. The van der Waals surface area contributed by atoms with Gasteiger partial charge in [0.2, 0.25) is 0 Å². The Bertz CT molecular complexity index is 423. The molecule has 0 aliphatic carbocycles.